The minimum Gasteiger partial charge on any atom is -0.483 e. The zero-order chi connectivity index (χ0) is 23.0. The number of nitrogens with zero attached hydrogens (tertiary/aromatic N) is 2. The minimum atomic E-state index is -0.327. The van der Waals surface area contributed by atoms with Crippen LogP contribution in [-0.2, 0) is 17.9 Å². The number of hydrogen-bond acceptors (Lipinski definition) is 4. The molecular weight excluding hydrogens is 418 g/mol. The lowest BCUT2D eigenvalue weighted by Crippen LogP contribution is -2.44. The van der Waals surface area contributed by atoms with Crippen LogP contribution in [0.5, 0.6) is 5.75 Å². The quantitative estimate of drug-likeness (QED) is 0.543. The fraction of sp³-hybridized carbons (Fsp3) is 0.192. The maximum absolute atomic E-state index is 12.8. The van der Waals surface area contributed by atoms with Gasteiger partial charge in [0.1, 0.15) is 12.3 Å². The largest absolute Gasteiger partial charge is 0.483 e. The van der Waals surface area contributed by atoms with E-state index >= 15 is 0 Å². The molecule has 2 heterocycles. The van der Waals surface area contributed by atoms with Gasteiger partial charge in [0.2, 0.25) is 11.3 Å². The summed E-state index contributed by atoms with van der Waals surface area (Å²) < 4.78 is 7.44. The molecule has 1 aliphatic heterocycles. The molecule has 0 unspecified atom stereocenters. The minimum absolute atomic E-state index is 0.222. The topological polar surface area (TPSA) is 80.6 Å². The van der Waals surface area contributed by atoms with E-state index < -0.39 is 0 Å². The Balaban J connectivity index is 1.31. The van der Waals surface area contributed by atoms with E-state index in [9.17, 15) is 14.4 Å². The number of carbonyl (C=O) groups excluding carboxylic acids is 2. The zero-order valence-electron chi connectivity index (χ0n) is 18.1. The first-order valence-electron chi connectivity index (χ1n) is 10.8. The van der Waals surface area contributed by atoms with Gasteiger partial charge in [-0.3, -0.25) is 14.4 Å². The second-order valence-corrected chi connectivity index (χ2v) is 7.68. The van der Waals surface area contributed by atoms with Crippen molar-refractivity contribution in [1.82, 2.24) is 14.8 Å². The van der Waals surface area contributed by atoms with Gasteiger partial charge in [0.15, 0.2) is 5.75 Å². The number of amides is 2. The third kappa shape index (κ3) is 5.77. The van der Waals surface area contributed by atoms with E-state index in [0.29, 0.717) is 31.9 Å². The summed E-state index contributed by atoms with van der Waals surface area (Å²) in [4.78, 5) is 39.0. The Kier molecular flexibility index (Phi) is 6.99. The second kappa shape index (κ2) is 10.5. The van der Waals surface area contributed by atoms with Crippen LogP contribution in [0.2, 0.25) is 0 Å². The van der Waals surface area contributed by atoms with E-state index in [-0.39, 0.29) is 29.6 Å². The summed E-state index contributed by atoms with van der Waals surface area (Å²) in [5.41, 5.74) is 1.90. The molecule has 0 spiro atoms. The van der Waals surface area contributed by atoms with Gasteiger partial charge >= 0.3 is 0 Å². The molecule has 2 aromatic carbocycles. The summed E-state index contributed by atoms with van der Waals surface area (Å²) in [6.07, 6.45) is 4.81. The molecule has 0 aliphatic carbocycles. The van der Waals surface area contributed by atoms with E-state index in [0.717, 1.165) is 11.1 Å². The Labute approximate surface area is 191 Å². The van der Waals surface area contributed by atoms with Crippen molar-refractivity contribution in [3.05, 3.63) is 106 Å². The fourth-order valence-corrected chi connectivity index (χ4v) is 3.58. The van der Waals surface area contributed by atoms with E-state index in [4.69, 9.17) is 4.74 Å². The number of ether oxygens (including phenoxy) is 1. The number of rotatable bonds is 8. The zero-order valence-corrected chi connectivity index (χ0v) is 18.1. The van der Waals surface area contributed by atoms with Crippen molar-refractivity contribution < 1.29 is 14.3 Å². The number of nitrogens with one attached hydrogen (secondary N) is 1. The van der Waals surface area contributed by atoms with Gasteiger partial charge in [0.05, 0.1) is 6.20 Å². The Morgan fingerprint density at radius 2 is 1.73 bits per heavy atom. The average Bonchev–Trinajstić information content (AvgIpc) is 2.85. The number of pyridine rings is 1. The first kappa shape index (κ1) is 22.1. The van der Waals surface area contributed by atoms with Crippen LogP contribution in [0, 0.1) is 0 Å². The highest BCUT2D eigenvalue weighted by Gasteiger charge is 2.25. The van der Waals surface area contributed by atoms with Gasteiger partial charge in [0, 0.05) is 38.3 Å². The molecule has 0 atom stereocenters. The van der Waals surface area contributed by atoms with E-state index in [1.807, 2.05) is 60.7 Å². The summed E-state index contributed by atoms with van der Waals surface area (Å²) in [5.74, 6) is -0.233. The molecule has 168 valence electrons. The Morgan fingerprint density at radius 3 is 2.48 bits per heavy atom. The number of fused-ring (bicyclic) bond motifs is 1. The first-order valence-corrected chi connectivity index (χ1v) is 10.8. The van der Waals surface area contributed by atoms with E-state index in [1.54, 1.807) is 21.7 Å². The lowest BCUT2D eigenvalue weighted by atomic mass is 10.2. The monoisotopic (exact) mass is 443 g/mol. The van der Waals surface area contributed by atoms with Crippen molar-refractivity contribution in [3.63, 3.8) is 0 Å². The molecular formula is C26H25N3O4. The third-order valence-corrected chi connectivity index (χ3v) is 5.36. The van der Waals surface area contributed by atoms with Gasteiger partial charge in [-0.2, -0.15) is 0 Å². The molecule has 0 saturated heterocycles. The molecule has 1 aromatic heterocycles. The summed E-state index contributed by atoms with van der Waals surface area (Å²) in [6, 6.07) is 20.5. The summed E-state index contributed by atoms with van der Waals surface area (Å²) in [6.45, 7) is 2.01. The molecule has 1 N–H and O–H groups in total. The van der Waals surface area contributed by atoms with Gasteiger partial charge < -0.3 is 19.5 Å². The summed E-state index contributed by atoms with van der Waals surface area (Å²) >= 11 is 0. The van der Waals surface area contributed by atoms with Crippen molar-refractivity contribution in [2.45, 2.75) is 13.2 Å². The van der Waals surface area contributed by atoms with Crippen molar-refractivity contribution in [2.24, 2.45) is 0 Å². The summed E-state index contributed by atoms with van der Waals surface area (Å²) in [7, 11) is 0. The van der Waals surface area contributed by atoms with Gasteiger partial charge in [-0.15, -0.1) is 0 Å². The van der Waals surface area contributed by atoms with Crippen LogP contribution < -0.4 is 15.5 Å². The molecule has 4 rings (SSSR count). The Morgan fingerprint density at radius 1 is 1.00 bits per heavy atom. The molecule has 7 heteroatoms. The second-order valence-electron chi connectivity index (χ2n) is 7.68. The molecule has 0 bridgehead atoms. The molecule has 0 saturated carbocycles. The Bertz CT molecular complexity index is 1200. The smallest absolute Gasteiger partial charge is 0.270 e. The van der Waals surface area contributed by atoms with E-state index in [2.05, 4.69) is 5.32 Å². The van der Waals surface area contributed by atoms with Crippen molar-refractivity contribution >= 4 is 17.9 Å². The first-order chi connectivity index (χ1) is 16.1. The highest BCUT2D eigenvalue weighted by Crippen LogP contribution is 2.15. The van der Waals surface area contributed by atoms with E-state index in [1.165, 1.54) is 12.1 Å². The van der Waals surface area contributed by atoms with Gasteiger partial charge in [-0.25, -0.2) is 0 Å². The number of benzene rings is 2. The highest BCUT2D eigenvalue weighted by atomic mass is 16.5. The average molecular weight is 444 g/mol. The maximum atomic E-state index is 12.8. The number of carbonyl (C=O) groups is 2. The highest BCUT2D eigenvalue weighted by molar-refractivity contribution is 5.93. The van der Waals surface area contributed by atoms with Crippen LogP contribution in [0.1, 0.15) is 21.6 Å². The SMILES string of the molecule is O=C(C=Cc1ccccc1)NCCN1CCn2cc(OCc3ccccc3)c(=O)cc2C1=O. The van der Waals surface area contributed by atoms with Crippen LogP contribution in [0.4, 0.5) is 0 Å². The lowest BCUT2D eigenvalue weighted by Gasteiger charge is -2.30. The van der Waals surface area contributed by atoms with Gasteiger partial charge in [-0.1, -0.05) is 60.7 Å². The van der Waals surface area contributed by atoms with Crippen LogP contribution >= 0.6 is 0 Å². The molecule has 0 fully saturated rings. The number of hydrogen-bond donors (Lipinski definition) is 1. The van der Waals surface area contributed by atoms with Gasteiger partial charge in [-0.05, 0) is 17.2 Å². The van der Waals surface area contributed by atoms with Crippen LogP contribution in [0.15, 0.2) is 83.8 Å². The van der Waals surface area contributed by atoms with Crippen LogP contribution in [0.25, 0.3) is 6.08 Å². The standard InChI is InChI=1S/C26H25N3O4/c30-23-17-22-26(32)28(14-13-27-25(31)12-11-20-7-3-1-4-8-20)15-16-29(22)18-24(23)33-19-21-9-5-2-6-10-21/h1-12,17-18H,13-16,19H2,(H,27,31). The molecule has 33 heavy (non-hydrogen) atoms. The van der Waals surface area contributed by atoms with Gasteiger partial charge in [0.25, 0.3) is 5.91 Å². The maximum Gasteiger partial charge on any atom is 0.270 e. The molecule has 0 radical (unpaired) electrons. The predicted octanol–water partition coefficient (Wildman–Crippen LogP) is 2.71. The van der Waals surface area contributed by atoms with Crippen LogP contribution in [-0.4, -0.2) is 40.9 Å². The summed E-state index contributed by atoms with van der Waals surface area (Å²) in [5, 5.41) is 2.79. The third-order valence-electron chi connectivity index (χ3n) is 5.36. The molecule has 1 aliphatic rings. The molecule has 3 aromatic rings. The lowest BCUT2D eigenvalue weighted by molar-refractivity contribution is -0.116. The number of aromatic nitrogens is 1. The molecule has 7 nitrogen and oxygen atoms in total. The molecule has 2 amide bonds. The van der Waals surface area contributed by atoms with Crippen molar-refractivity contribution in [3.8, 4) is 5.75 Å². The predicted molar refractivity (Wildman–Crippen MR) is 126 cm³/mol. The fourth-order valence-electron chi connectivity index (χ4n) is 3.58. The van der Waals surface area contributed by atoms with Crippen molar-refractivity contribution in [1.29, 1.82) is 0 Å². The van der Waals surface area contributed by atoms with Crippen molar-refractivity contribution in [2.75, 3.05) is 19.6 Å². The van der Waals surface area contributed by atoms with Crippen LogP contribution in [0.3, 0.4) is 0 Å². The Hall–Kier alpha value is -4.13. The normalized spacial score (nSPS) is 13.1.